The molecular formula is C24H22ClF3O2. The van der Waals surface area contributed by atoms with Crippen LogP contribution in [0.25, 0.3) is 11.1 Å². The van der Waals surface area contributed by atoms with Gasteiger partial charge in [-0.3, -0.25) is 4.79 Å². The van der Waals surface area contributed by atoms with Crippen LogP contribution in [-0.2, 0) is 22.4 Å². The molecular weight excluding hydrogens is 413 g/mol. The van der Waals surface area contributed by atoms with Crippen LogP contribution in [0.1, 0.15) is 25.0 Å². The van der Waals surface area contributed by atoms with Gasteiger partial charge < -0.3 is 4.74 Å². The smallest absolute Gasteiger partial charge is 0.426 e. The van der Waals surface area contributed by atoms with E-state index >= 15 is 0 Å². The van der Waals surface area contributed by atoms with Crippen LogP contribution in [0, 0.1) is 17.3 Å². The second-order valence-electron chi connectivity index (χ2n) is 8.61. The SMILES string of the molecule is CC1(C)C(/C=C(/Cl)C(F)(F)F)[C@@H]1C(=O)O[C@@H]1Cc2cccc(-c3ccccc3)c2C1. The van der Waals surface area contributed by atoms with E-state index in [1.807, 2.05) is 42.5 Å². The normalized spacial score (nSPS) is 25.0. The molecule has 0 saturated heterocycles. The number of carbonyl (C=O) groups excluding carboxylic acids is 1. The first kappa shape index (κ1) is 21.0. The summed E-state index contributed by atoms with van der Waals surface area (Å²) < 4.78 is 44.0. The number of halogens is 4. The Kier molecular flexibility index (Phi) is 5.21. The zero-order valence-corrected chi connectivity index (χ0v) is 17.4. The van der Waals surface area contributed by atoms with Crippen molar-refractivity contribution >= 4 is 17.6 Å². The molecule has 2 aliphatic rings. The maximum atomic E-state index is 12.8. The summed E-state index contributed by atoms with van der Waals surface area (Å²) in [5.74, 6) is -1.65. The molecule has 1 unspecified atom stereocenters. The number of ether oxygens (including phenoxy) is 1. The Labute approximate surface area is 178 Å². The minimum absolute atomic E-state index is 0.309. The number of benzene rings is 2. The van der Waals surface area contributed by atoms with Crippen LogP contribution >= 0.6 is 11.6 Å². The van der Waals surface area contributed by atoms with Crippen LogP contribution in [0.15, 0.2) is 59.6 Å². The van der Waals surface area contributed by atoms with Crippen LogP contribution in [0.2, 0.25) is 0 Å². The first-order chi connectivity index (χ1) is 14.1. The molecule has 158 valence electrons. The van der Waals surface area contributed by atoms with Gasteiger partial charge in [-0.1, -0.05) is 80.1 Å². The number of hydrogen-bond donors (Lipinski definition) is 0. The van der Waals surface area contributed by atoms with E-state index in [1.165, 1.54) is 0 Å². The van der Waals surface area contributed by atoms with Gasteiger partial charge in [-0.25, -0.2) is 0 Å². The number of esters is 1. The Morgan fingerprint density at radius 1 is 1.10 bits per heavy atom. The van der Waals surface area contributed by atoms with Gasteiger partial charge in [0.2, 0.25) is 0 Å². The van der Waals surface area contributed by atoms with E-state index in [2.05, 4.69) is 6.07 Å². The maximum absolute atomic E-state index is 12.8. The lowest BCUT2D eigenvalue weighted by molar-refractivity contribution is -0.151. The average Bonchev–Trinajstić information content (AvgIpc) is 3.01. The van der Waals surface area contributed by atoms with Crippen LogP contribution in [0.5, 0.6) is 0 Å². The third kappa shape index (κ3) is 3.87. The van der Waals surface area contributed by atoms with Gasteiger partial charge in [0.1, 0.15) is 11.1 Å². The van der Waals surface area contributed by atoms with Gasteiger partial charge in [0, 0.05) is 12.8 Å². The second kappa shape index (κ2) is 7.45. The number of fused-ring (bicyclic) bond motifs is 1. The zero-order valence-electron chi connectivity index (χ0n) is 16.7. The monoisotopic (exact) mass is 434 g/mol. The minimum atomic E-state index is -4.60. The summed E-state index contributed by atoms with van der Waals surface area (Å²) in [6.07, 6.45) is -2.75. The first-order valence-electron chi connectivity index (χ1n) is 9.90. The molecule has 0 bridgehead atoms. The van der Waals surface area contributed by atoms with Crippen molar-refractivity contribution < 1.29 is 22.7 Å². The van der Waals surface area contributed by atoms with Crippen molar-refractivity contribution in [1.29, 1.82) is 0 Å². The van der Waals surface area contributed by atoms with Crippen molar-refractivity contribution in [2.24, 2.45) is 17.3 Å². The van der Waals surface area contributed by atoms with E-state index in [4.69, 9.17) is 16.3 Å². The lowest BCUT2D eigenvalue weighted by atomic mass is 9.97. The van der Waals surface area contributed by atoms with Gasteiger partial charge in [-0.15, -0.1) is 0 Å². The minimum Gasteiger partial charge on any atom is -0.461 e. The van der Waals surface area contributed by atoms with Crippen molar-refractivity contribution in [1.82, 2.24) is 0 Å². The molecule has 0 aliphatic heterocycles. The fraction of sp³-hybridized carbons (Fsp3) is 0.375. The molecule has 6 heteroatoms. The summed E-state index contributed by atoms with van der Waals surface area (Å²) in [5.41, 5.74) is 3.92. The van der Waals surface area contributed by atoms with E-state index < -0.39 is 34.4 Å². The maximum Gasteiger partial charge on any atom is 0.426 e. The van der Waals surface area contributed by atoms with Crippen LogP contribution in [0.4, 0.5) is 13.2 Å². The van der Waals surface area contributed by atoms with Crippen molar-refractivity contribution in [3.63, 3.8) is 0 Å². The molecule has 0 radical (unpaired) electrons. The number of rotatable bonds is 4. The Hall–Kier alpha value is -2.27. The molecule has 0 N–H and O–H groups in total. The molecule has 3 atom stereocenters. The molecule has 2 aromatic carbocycles. The molecule has 2 aromatic rings. The summed E-state index contributed by atoms with van der Waals surface area (Å²) in [6.45, 7) is 3.52. The molecule has 0 amide bonds. The predicted molar refractivity (Wildman–Crippen MR) is 110 cm³/mol. The highest BCUT2D eigenvalue weighted by Crippen LogP contribution is 2.60. The number of alkyl halides is 3. The van der Waals surface area contributed by atoms with E-state index in [0.29, 0.717) is 12.8 Å². The lowest BCUT2D eigenvalue weighted by Gasteiger charge is -2.12. The standard InChI is InChI=1S/C24H22ClF3O2/c1-23(2)19(13-20(25)24(26,27)28)21(23)22(29)30-16-11-15-9-6-10-17(18(15)12-16)14-7-4-3-5-8-14/h3-10,13,16,19,21H,11-12H2,1-2H3/b20-13+/t16-,19?,21-/m1/s1. The van der Waals surface area contributed by atoms with Gasteiger partial charge in [-0.2, -0.15) is 13.2 Å². The number of hydrogen-bond acceptors (Lipinski definition) is 2. The van der Waals surface area contributed by atoms with E-state index in [0.717, 1.165) is 28.3 Å². The van der Waals surface area contributed by atoms with Crippen molar-refractivity contribution in [2.75, 3.05) is 0 Å². The largest absolute Gasteiger partial charge is 0.461 e. The van der Waals surface area contributed by atoms with Gasteiger partial charge in [-0.05, 0) is 33.6 Å². The van der Waals surface area contributed by atoms with Crippen LogP contribution < -0.4 is 0 Å². The lowest BCUT2D eigenvalue weighted by Crippen LogP contribution is -2.21. The van der Waals surface area contributed by atoms with Gasteiger partial charge in [0.05, 0.1) is 5.92 Å². The van der Waals surface area contributed by atoms with Crippen molar-refractivity contribution in [3.8, 4) is 11.1 Å². The highest BCUT2D eigenvalue weighted by molar-refractivity contribution is 6.30. The third-order valence-corrected chi connectivity index (χ3v) is 6.62. The van der Waals surface area contributed by atoms with Gasteiger partial charge in [0.25, 0.3) is 0 Å². The Bertz CT molecular complexity index is 995. The Morgan fingerprint density at radius 2 is 1.80 bits per heavy atom. The van der Waals surface area contributed by atoms with Crippen molar-refractivity contribution in [2.45, 2.75) is 39.0 Å². The highest BCUT2D eigenvalue weighted by atomic mass is 35.5. The molecule has 1 saturated carbocycles. The summed E-state index contributed by atoms with van der Waals surface area (Å²) >= 11 is 5.38. The van der Waals surface area contributed by atoms with Crippen LogP contribution in [-0.4, -0.2) is 18.2 Å². The molecule has 30 heavy (non-hydrogen) atoms. The Morgan fingerprint density at radius 3 is 2.47 bits per heavy atom. The molecule has 2 aliphatic carbocycles. The fourth-order valence-corrected chi connectivity index (χ4v) is 4.65. The molecule has 1 fully saturated rings. The summed E-state index contributed by atoms with van der Waals surface area (Å²) in [6, 6.07) is 16.1. The topological polar surface area (TPSA) is 26.3 Å². The first-order valence-corrected chi connectivity index (χ1v) is 10.3. The summed E-state index contributed by atoms with van der Waals surface area (Å²) in [4.78, 5) is 12.7. The third-order valence-electron chi connectivity index (χ3n) is 6.28. The van der Waals surface area contributed by atoms with E-state index in [9.17, 15) is 18.0 Å². The summed E-state index contributed by atoms with van der Waals surface area (Å²) in [5, 5.41) is -1.18. The van der Waals surface area contributed by atoms with Gasteiger partial charge in [0.15, 0.2) is 0 Å². The van der Waals surface area contributed by atoms with Crippen molar-refractivity contribution in [3.05, 3.63) is 70.8 Å². The molecule has 0 aromatic heterocycles. The van der Waals surface area contributed by atoms with Gasteiger partial charge >= 0.3 is 12.1 Å². The highest BCUT2D eigenvalue weighted by Gasteiger charge is 2.62. The average molecular weight is 435 g/mol. The second-order valence-corrected chi connectivity index (χ2v) is 9.02. The molecule has 0 heterocycles. The summed E-state index contributed by atoms with van der Waals surface area (Å²) in [7, 11) is 0. The molecule has 4 rings (SSSR count). The predicted octanol–water partition coefficient (Wildman–Crippen LogP) is 6.32. The quantitative estimate of drug-likeness (QED) is 0.526. The number of allylic oxidation sites excluding steroid dienone is 2. The molecule has 0 spiro atoms. The van der Waals surface area contributed by atoms with E-state index in [-0.39, 0.29) is 6.10 Å². The molecule has 2 nitrogen and oxygen atoms in total. The van der Waals surface area contributed by atoms with Crippen LogP contribution in [0.3, 0.4) is 0 Å². The Balaban J connectivity index is 1.47. The fourth-order valence-electron chi connectivity index (χ4n) is 4.51. The number of carbonyl (C=O) groups is 1. The van der Waals surface area contributed by atoms with E-state index in [1.54, 1.807) is 13.8 Å². The zero-order chi connectivity index (χ0) is 21.7.